The van der Waals surface area contributed by atoms with Gasteiger partial charge in [-0.05, 0) is 24.8 Å². The van der Waals surface area contributed by atoms with Crippen LogP contribution in [-0.4, -0.2) is 30.5 Å². The Morgan fingerprint density at radius 3 is 2.85 bits per heavy atom. The molecule has 1 fully saturated rings. The molecule has 2 heterocycles. The number of pyridine rings is 1. The lowest BCUT2D eigenvalue weighted by molar-refractivity contribution is -0.119. The Kier molecular flexibility index (Phi) is 4.41. The highest BCUT2D eigenvalue weighted by molar-refractivity contribution is 5.72. The number of amides is 1. The molecule has 0 atom stereocenters. The van der Waals surface area contributed by atoms with Crippen LogP contribution < -0.4 is 16.0 Å². The molecule has 2 rings (SSSR count). The molecule has 0 aromatic carbocycles. The smallest absolute Gasteiger partial charge is 0.216 e. The predicted octanol–water partition coefficient (Wildman–Crippen LogP) is 0.888. The van der Waals surface area contributed by atoms with Crippen molar-refractivity contribution < 1.29 is 4.79 Å². The number of nitrogen functional groups attached to an aromatic ring is 1. The minimum Gasteiger partial charge on any atom is -0.396 e. The van der Waals surface area contributed by atoms with E-state index >= 15 is 0 Å². The third kappa shape index (κ3) is 3.38. The van der Waals surface area contributed by atoms with Crippen molar-refractivity contribution in [2.45, 2.75) is 19.8 Å². The molecule has 1 aliphatic heterocycles. The Hall–Kier alpha value is -2.29. The standard InChI is InChI=1S/C14H19N5O/c1-10(20)17-8-11-2-4-19(5-3-11)14-13(16)6-12(7-15)9-18-14/h6,9,11H,2-5,8,16H2,1H3,(H,17,20). The second-order valence-electron chi connectivity index (χ2n) is 5.12. The summed E-state index contributed by atoms with van der Waals surface area (Å²) in [6, 6.07) is 3.69. The van der Waals surface area contributed by atoms with Crippen LogP contribution in [-0.2, 0) is 4.79 Å². The maximum absolute atomic E-state index is 10.9. The summed E-state index contributed by atoms with van der Waals surface area (Å²) in [6.07, 6.45) is 3.55. The van der Waals surface area contributed by atoms with Crippen molar-refractivity contribution in [2.75, 3.05) is 30.3 Å². The number of piperidine rings is 1. The highest BCUT2D eigenvalue weighted by Gasteiger charge is 2.21. The molecule has 0 spiro atoms. The largest absolute Gasteiger partial charge is 0.396 e. The summed E-state index contributed by atoms with van der Waals surface area (Å²) in [7, 11) is 0. The third-order valence-corrected chi connectivity index (χ3v) is 3.58. The Morgan fingerprint density at radius 1 is 1.60 bits per heavy atom. The lowest BCUT2D eigenvalue weighted by Crippen LogP contribution is -2.38. The lowest BCUT2D eigenvalue weighted by atomic mass is 9.96. The Bertz CT molecular complexity index is 529. The summed E-state index contributed by atoms with van der Waals surface area (Å²) in [5, 5.41) is 11.7. The number of carbonyl (C=O) groups is 1. The Morgan fingerprint density at radius 2 is 2.30 bits per heavy atom. The van der Waals surface area contributed by atoms with Crippen LogP contribution in [0.3, 0.4) is 0 Å². The van der Waals surface area contributed by atoms with Gasteiger partial charge in [0.25, 0.3) is 0 Å². The van der Waals surface area contributed by atoms with E-state index in [4.69, 9.17) is 11.0 Å². The minimum atomic E-state index is 0.0189. The summed E-state index contributed by atoms with van der Waals surface area (Å²) in [5.74, 6) is 1.28. The summed E-state index contributed by atoms with van der Waals surface area (Å²) in [6.45, 7) is 4.01. The van der Waals surface area contributed by atoms with Crippen molar-refractivity contribution in [2.24, 2.45) is 5.92 Å². The molecule has 1 saturated heterocycles. The molecule has 0 radical (unpaired) electrons. The third-order valence-electron chi connectivity index (χ3n) is 3.58. The number of nitrogens with one attached hydrogen (secondary N) is 1. The first-order valence-corrected chi connectivity index (χ1v) is 6.75. The van der Waals surface area contributed by atoms with Gasteiger partial charge in [-0.2, -0.15) is 5.26 Å². The van der Waals surface area contributed by atoms with E-state index in [9.17, 15) is 4.79 Å². The molecule has 0 bridgehead atoms. The van der Waals surface area contributed by atoms with Gasteiger partial charge in [0.05, 0.1) is 11.3 Å². The van der Waals surface area contributed by atoms with Crippen LogP contribution in [0.1, 0.15) is 25.3 Å². The number of carbonyl (C=O) groups excluding carboxylic acids is 1. The van der Waals surface area contributed by atoms with E-state index in [1.807, 2.05) is 6.07 Å². The van der Waals surface area contributed by atoms with Gasteiger partial charge in [0.1, 0.15) is 6.07 Å². The molecule has 0 unspecified atom stereocenters. The van der Waals surface area contributed by atoms with E-state index in [1.54, 1.807) is 12.3 Å². The van der Waals surface area contributed by atoms with Crippen LogP contribution >= 0.6 is 0 Å². The van der Waals surface area contributed by atoms with Gasteiger partial charge in [-0.3, -0.25) is 4.79 Å². The zero-order valence-electron chi connectivity index (χ0n) is 11.6. The van der Waals surface area contributed by atoms with Crippen LogP contribution in [0.2, 0.25) is 0 Å². The maximum atomic E-state index is 10.9. The molecule has 106 valence electrons. The number of rotatable bonds is 3. The SMILES string of the molecule is CC(=O)NCC1CCN(c2ncc(C#N)cc2N)CC1. The first-order chi connectivity index (χ1) is 9.60. The van der Waals surface area contributed by atoms with Crippen molar-refractivity contribution in [1.82, 2.24) is 10.3 Å². The number of aromatic nitrogens is 1. The average molecular weight is 273 g/mol. The first kappa shape index (κ1) is 14.1. The molecule has 1 aromatic rings. The number of hydrogen-bond acceptors (Lipinski definition) is 5. The normalized spacial score (nSPS) is 15.7. The summed E-state index contributed by atoms with van der Waals surface area (Å²) >= 11 is 0. The number of nitrogens with zero attached hydrogens (tertiary/aromatic N) is 3. The molecular formula is C14H19N5O. The predicted molar refractivity (Wildman–Crippen MR) is 77.0 cm³/mol. The quantitative estimate of drug-likeness (QED) is 0.852. The Labute approximate surface area is 118 Å². The van der Waals surface area contributed by atoms with Crippen molar-refractivity contribution in [3.63, 3.8) is 0 Å². The van der Waals surface area contributed by atoms with Gasteiger partial charge in [0.2, 0.25) is 5.91 Å². The summed E-state index contributed by atoms with van der Waals surface area (Å²) < 4.78 is 0. The highest BCUT2D eigenvalue weighted by atomic mass is 16.1. The molecule has 20 heavy (non-hydrogen) atoms. The molecule has 3 N–H and O–H groups in total. The van der Waals surface area contributed by atoms with Crippen molar-refractivity contribution in [1.29, 1.82) is 5.26 Å². The number of nitrogens with two attached hydrogens (primary N) is 1. The molecule has 1 amide bonds. The number of nitriles is 1. The number of anilines is 2. The van der Waals surface area contributed by atoms with Gasteiger partial charge in [-0.15, -0.1) is 0 Å². The van der Waals surface area contributed by atoms with E-state index < -0.39 is 0 Å². The van der Waals surface area contributed by atoms with Gasteiger partial charge in [0, 0.05) is 32.8 Å². The average Bonchev–Trinajstić information content (AvgIpc) is 2.45. The van der Waals surface area contributed by atoms with Crippen LogP contribution in [0.5, 0.6) is 0 Å². The van der Waals surface area contributed by atoms with Crippen LogP contribution in [0.4, 0.5) is 11.5 Å². The molecule has 1 aliphatic rings. The first-order valence-electron chi connectivity index (χ1n) is 6.75. The van der Waals surface area contributed by atoms with E-state index in [2.05, 4.69) is 15.2 Å². The highest BCUT2D eigenvalue weighted by Crippen LogP contribution is 2.26. The molecule has 6 heteroatoms. The molecule has 6 nitrogen and oxygen atoms in total. The lowest BCUT2D eigenvalue weighted by Gasteiger charge is -2.33. The topological polar surface area (TPSA) is 95.0 Å². The fourth-order valence-corrected chi connectivity index (χ4v) is 2.44. The molecule has 0 saturated carbocycles. The van der Waals surface area contributed by atoms with E-state index in [-0.39, 0.29) is 5.91 Å². The fourth-order valence-electron chi connectivity index (χ4n) is 2.44. The van der Waals surface area contributed by atoms with Gasteiger partial charge < -0.3 is 16.0 Å². The molecule has 0 aliphatic carbocycles. The van der Waals surface area contributed by atoms with Crippen LogP contribution in [0.15, 0.2) is 12.3 Å². The van der Waals surface area contributed by atoms with Crippen molar-refractivity contribution in [3.8, 4) is 6.07 Å². The second kappa shape index (κ2) is 6.24. The van der Waals surface area contributed by atoms with E-state index in [1.165, 1.54) is 6.92 Å². The molecule has 1 aromatic heterocycles. The number of hydrogen-bond donors (Lipinski definition) is 2. The van der Waals surface area contributed by atoms with Crippen molar-refractivity contribution in [3.05, 3.63) is 17.8 Å². The van der Waals surface area contributed by atoms with Gasteiger partial charge in [-0.1, -0.05) is 0 Å². The van der Waals surface area contributed by atoms with Crippen molar-refractivity contribution >= 4 is 17.4 Å². The summed E-state index contributed by atoms with van der Waals surface area (Å²) in [5.41, 5.74) is 6.97. The van der Waals surface area contributed by atoms with Gasteiger partial charge >= 0.3 is 0 Å². The maximum Gasteiger partial charge on any atom is 0.216 e. The van der Waals surface area contributed by atoms with Crippen LogP contribution in [0.25, 0.3) is 0 Å². The zero-order valence-corrected chi connectivity index (χ0v) is 11.6. The minimum absolute atomic E-state index is 0.0189. The molecular weight excluding hydrogens is 254 g/mol. The monoisotopic (exact) mass is 273 g/mol. The van der Waals surface area contributed by atoms with Gasteiger partial charge in [-0.25, -0.2) is 4.98 Å². The summed E-state index contributed by atoms with van der Waals surface area (Å²) in [4.78, 5) is 17.3. The van der Waals surface area contributed by atoms with E-state index in [0.717, 1.165) is 38.3 Å². The Balaban J connectivity index is 1.94. The van der Waals surface area contributed by atoms with Gasteiger partial charge in [0.15, 0.2) is 5.82 Å². The van der Waals surface area contributed by atoms with E-state index in [0.29, 0.717) is 17.2 Å². The van der Waals surface area contributed by atoms with Crippen LogP contribution in [0, 0.1) is 17.2 Å². The zero-order chi connectivity index (χ0) is 14.5. The second-order valence-corrected chi connectivity index (χ2v) is 5.12. The fraction of sp³-hybridized carbons (Fsp3) is 0.500.